The van der Waals surface area contributed by atoms with Crippen LogP contribution in [0.2, 0.25) is 0 Å². The first kappa shape index (κ1) is 37.9. The van der Waals surface area contributed by atoms with Crippen LogP contribution in [-0.2, 0) is 38.0 Å². The summed E-state index contributed by atoms with van der Waals surface area (Å²) < 4.78 is 31.1. The molecule has 1 atom stereocenters. The second kappa shape index (κ2) is 25.8. The standard InChI is InChI=1S/C29H50N2O10/c1-6-26(32)38-19-13-30-28(34)40-18-10-8-16-37-22-24(4)11-12-25(5)27(33)39-20-14-31-29(35)41-17-9-7-15-36-21-23(2)3/h6,12,23-24H,1,7-11,13-22H2,2-5H3,(H,30,34)(H,31,35)/b25-12+. The number of ether oxygens (including phenoxy) is 6. The largest absolute Gasteiger partial charge is 0.461 e. The number of hydrogen-bond acceptors (Lipinski definition) is 10. The van der Waals surface area contributed by atoms with Crippen LogP contribution in [0.5, 0.6) is 0 Å². The number of rotatable bonds is 24. The molecule has 0 aromatic heterocycles. The third-order valence-electron chi connectivity index (χ3n) is 5.22. The highest BCUT2D eigenvalue weighted by Gasteiger charge is 2.09. The highest BCUT2D eigenvalue weighted by Crippen LogP contribution is 2.08. The summed E-state index contributed by atoms with van der Waals surface area (Å²) >= 11 is 0. The maximum Gasteiger partial charge on any atom is 0.407 e. The number of allylic oxidation sites excluding steroid dienone is 1. The van der Waals surface area contributed by atoms with E-state index < -0.39 is 24.1 Å². The molecule has 12 nitrogen and oxygen atoms in total. The van der Waals surface area contributed by atoms with Gasteiger partial charge in [-0.25, -0.2) is 19.2 Å². The second-order valence-corrected chi connectivity index (χ2v) is 9.82. The minimum Gasteiger partial charge on any atom is -0.461 e. The summed E-state index contributed by atoms with van der Waals surface area (Å²) in [4.78, 5) is 46.2. The lowest BCUT2D eigenvalue weighted by Crippen LogP contribution is -2.29. The minimum absolute atomic E-state index is 0.0493. The molecular formula is C29H50N2O10. The van der Waals surface area contributed by atoms with E-state index in [2.05, 4.69) is 31.1 Å². The lowest BCUT2D eigenvalue weighted by Gasteiger charge is -2.11. The Labute approximate surface area is 244 Å². The smallest absolute Gasteiger partial charge is 0.407 e. The Morgan fingerprint density at radius 2 is 1.22 bits per heavy atom. The molecule has 0 aliphatic carbocycles. The average molecular weight is 587 g/mol. The Kier molecular flexibility index (Phi) is 23.9. The minimum atomic E-state index is -0.571. The van der Waals surface area contributed by atoms with Crippen LogP contribution in [0.15, 0.2) is 24.3 Å². The van der Waals surface area contributed by atoms with Crippen LogP contribution in [0.4, 0.5) is 9.59 Å². The fraction of sp³-hybridized carbons (Fsp3) is 0.724. The van der Waals surface area contributed by atoms with Gasteiger partial charge in [0.2, 0.25) is 0 Å². The molecule has 2 amide bonds. The molecule has 0 heterocycles. The number of amides is 2. The van der Waals surface area contributed by atoms with E-state index in [1.807, 2.05) is 13.0 Å². The molecule has 41 heavy (non-hydrogen) atoms. The van der Waals surface area contributed by atoms with Crippen LogP contribution in [0.3, 0.4) is 0 Å². The van der Waals surface area contributed by atoms with Crippen LogP contribution >= 0.6 is 0 Å². The summed E-state index contributed by atoms with van der Waals surface area (Å²) in [7, 11) is 0. The number of nitrogens with one attached hydrogen (secondary N) is 2. The average Bonchev–Trinajstić information content (AvgIpc) is 2.94. The van der Waals surface area contributed by atoms with Crippen molar-refractivity contribution in [3.8, 4) is 0 Å². The van der Waals surface area contributed by atoms with E-state index in [1.165, 1.54) is 0 Å². The van der Waals surface area contributed by atoms with Gasteiger partial charge in [-0.05, 0) is 50.9 Å². The quantitative estimate of drug-likeness (QED) is 0.0738. The Bertz CT molecular complexity index is 786. The van der Waals surface area contributed by atoms with Gasteiger partial charge in [0.25, 0.3) is 0 Å². The molecule has 0 aliphatic heterocycles. The topological polar surface area (TPSA) is 148 Å². The predicted octanol–water partition coefficient (Wildman–Crippen LogP) is 3.93. The fourth-order valence-corrected chi connectivity index (χ4v) is 2.95. The van der Waals surface area contributed by atoms with Gasteiger partial charge in [0.05, 0.1) is 26.3 Å². The van der Waals surface area contributed by atoms with Crippen molar-refractivity contribution >= 4 is 24.1 Å². The van der Waals surface area contributed by atoms with Crippen LogP contribution in [0.1, 0.15) is 59.8 Å². The molecule has 0 aromatic rings. The number of unbranched alkanes of at least 4 members (excludes halogenated alkanes) is 2. The van der Waals surface area contributed by atoms with E-state index in [0.717, 1.165) is 31.9 Å². The molecule has 0 rings (SSSR count). The zero-order valence-electron chi connectivity index (χ0n) is 25.2. The van der Waals surface area contributed by atoms with E-state index >= 15 is 0 Å². The summed E-state index contributed by atoms with van der Waals surface area (Å²) in [6.07, 6.45) is 5.34. The number of hydrogen-bond donors (Lipinski definition) is 2. The number of alkyl carbamates (subject to hydrolysis) is 2. The van der Waals surface area contributed by atoms with Gasteiger partial charge < -0.3 is 39.1 Å². The van der Waals surface area contributed by atoms with Crippen LogP contribution < -0.4 is 10.6 Å². The maximum atomic E-state index is 12.1. The van der Waals surface area contributed by atoms with Crippen molar-refractivity contribution in [2.45, 2.75) is 59.8 Å². The number of esters is 2. The van der Waals surface area contributed by atoms with Crippen molar-refractivity contribution in [2.75, 3.05) is 65.9 Å². The third-order valence-corrected chi connectivity index (χ3v) is 5.22. The number of carbonyl (C=O) groups is 4. The Hall–Kier alpha value is -3.12. The van der Waals surface area contributed by atoms with Gasteiger partial charge in [-0.3, -0.25) is 0 Å². The molecule has 0 saturated heterocycles. The van der Waals surface area contributed by atoms with E-state index in [9.17, 15) is 19.2 Å². The van der Waals surface area contributed by atoms with Crippen LogP contribution in [0.25, 0.3) is 0 Å². The lowest BCUT2D eigenvalue weighted by atomic mass is 10.1. The van der Waals surface area contributed by atoms with Gasteiger partial charge in [0, 0.05) is 38.1 Å². The van der Waals surface area contributed by atoms with Gasteiger partial charge in [-0.1, -0.05) is 33.4 Å². The summed E-state index contributed by atoms with van der Waals surface area (Å²) in [6, 6.07) is 0. The third kappa shape index (κ3) is 25.6. The zero-order chi connectivity index (χ0) is 30.7. The van der Waals surface area contributed by atoms with Gasteiger partial charge >= 0.3 is 24.1 Å². The van der Waals surface area contributed by atoms with Gasteiger partial charge in [0.15, 0.2) is 0 Å². The molecule has 12 heteroatoms. The normalized spacial score (nSPS) is 11.9. The summed E-state index contributed by atoms with van der Waals surface area (Å²) in [6.45, 7) is 14.6. The van der Waals surface area contributed by atoms with Crippen LogP contribution in [0, 0.1) is 11.8 Å². The van der Waals surface area contributed by atoms with Gasteiger partial charge in [0.1, 0.15) is 13.2 Å². The zero-order valence-corrected chi connectivity index (χ0v) is 25.2. The van der Waals surface area contributed by atoms with Crippen molar-refractivity contribution in [3.05, 3.63) is 24.3 Å². The van der Waals surface area contributed by atoms with Crippen molar-refractivity contribution in [3.63, 3.8) is 0 Å². The van der Waals surface area contributed by atoms with Crippen molar-refractivity contribution < 1.29 is 47.6 Å². The molecule has 1 unspecified atom stereocenters. The summed E-state index contributed by atoms with van der Waals surface area (Å²) in [5, 5.41) is 5.03. The molecule has 0 spiro atoms. The second-order valence-electron chi connectivity index (χ2n) is 9.82. The molecule has 0 bridgehead atoms. The molecule has 0 radical (unpaired) electrons. The highest BCUT2D eigenvalue weighted by atomic mass is 16.6. The van der Waals surface area contributed by atoms with Crippen molar-refractivity contribution in [1.82, 2.24) is 10.6 Å². The monoisotopic (exact) mass is 586 g/mol. The lowest BCUT2D eigenvalue weighted by molar-refractivity contribution is -0.139. The van der Waals surface area contributed by atoms with Gasteiger partial charge in [-0.2, -0.15) is 0 Å². The first-order valence-corrected chi connectivity index (χ1v) is 14.3. The number of carbonyl (C=O) groups excluding carboxylic acids is 4. The Morgan fingerprint density at radius 3 is 1.76 bits per heavy atom. The van der Waals surface area contributed by atoms with E-state index in [0.29, 0.717) is 50.8 Å². The first-order valence-electron chi connectivity index (χ1n) is 14.3. The maximum absolute atomic E-state index is 12.1. The van der Waals surface area contributed by atoms with E-state index in [1.54, 1.807) is 6.92 Å². The van der Waals surface area contributed by atoms with E-state index in [-0.39, 0.29) is 38.8 Å². The molecule has 0 saturated carbocycles. The molecule has 0 aromatic carbocycles. The van der Waals surface area contributed by atoms with E-state index in [4.69, 9.17) is 28.4 Å². The predicted molar refractivity (Wildman–Crippen MR) is 153 cm³/mol. The van der Waals surface area contributed by atoms with Crippen molar-refractivity contribution in [1.29, 1.82) is 0 Å². The molecule has 236 valence electrons. The Morgan fingerprint density at radius 1 is 0.707 bits per heavy atom. The van der Waals surface area contributed by atoms with Crippen molar-refractivity contribution in [2.24, 2.45) is 11.8 Å². The Balaban J connectivity index is 3.72. The van der Waals surface area contributed by atoms with Gasteiger partial charge in [-0.15, -0.1) is 0 Å². The molecular weight excluding hydrogens is 536 g/mol. The molecule has 0 aliphatic rings. The molecule has 2 N–H and O–H groups in total. The van der Waals surface area contributed by atoms with Crippen LogP contribution in [-0.4, -0.2) is 90.1 Å². The highest BCUT2D eigenvalue weighted by molar-refractivity contribution is 5.87. The molecule has 0 fully saturated rings. The summed E-state index contributed by atoms with van der Waals surface area (Å²) in [5.74, 6) is -0.275. The summed E-state index contributed by atoms with van der Waals surface area (Å²) in [5.41, 5.74) is 0.494. The fourth-order valence-electron chi connectivity index (χ4n) is 2.95. The first-order chi connectivity index (χ1) is 19.6. The SMILES string of the molecule is C=CC(=O)OCCNC(=O)OCCCCOCC(C)C/C=C(\C)C(=O)OCCNC(=O)OCCCCOCC(C)C.